The number of aliphatic imine (C=N–C) groups is 1. The molecular formula is C20H26N4O3S2. The number of thiazole rings is 1. The number of hydrogen-bond acceptors (Lipinski definition) is 6. The van der Waals surface area contributed by atoms with E-state index in [1.165, 1.54) is 0 Å². The molecule has 7 nitrogen and oxygen atoms in total. The van der Waals surface area contributed by atoms with E-state index in [2.05, 4.69) is 33.9 Å². The highest BCUT2D eigenvalue weighted by atomic mass is 32.2. The number of benzene rings is 1. The number of unbranched alkanes of at least 4 members (excludes halogenated alkanes) is 2. The Morgan fingerprint density at radius 2 is 2.03 bits per heavy atom. The van der Waals surface area contributed by atoms with Gasteiger partial charge in [-0.1, -0.05) is 32.4 Å². The van der Waals surface area contributed by atoms with Crippen molar-refractivity contribution >= 4 is 33.1 Å². The molecule has 2 N–H and O–H groups in total. The first-order chi connectivity index (χ1) is 13.9. The second-order valence-corrected chi connectivity index (χ2v) is 9.79. The zero-order valence-corrected chi connectivity index (χ0v) is 18.3. The molecule has 156 valence electrons. The maximum absolute atomic E-state index is 12.0. The van der Waals surface area contributed by atoms with Crippen LogP contribution in [0.2, 0.25) is 0 Å². The van der Waals surface area contributed by atoms with E-state index in [0.29, 0.717) is 36.8 Å². The number of amides is 1. The minimum absolute atomic E-state index is 0.0212. The van der Waals surface area contributed by atoms with Crippen molar-refractivity contribution in [3.63, 3.8) is 0 Å². The number of carbonyl (C=O) groups excluding carboxylic acids is 1. The van der Waals surface area contributed by atoms with Gasteiger partial charge in [-0.05, 0) is 25.0 Å². The summed E-state index contributed by atoms with van der Waals surface area (Å²) in [6.07, 6.45) is 2.89. The molecule has 0 radical (unpaired) electrons. The van der Waals surface area contributed by atoms with Crippen LogP contribution in [0.15, 0.2) is 39.5 Å². The number of amidine groups is 1. The molecule has 2 aromatic rings. The van der Waals surface area contributed by atoms with Crippen LogP contribution in [0.25, 0.3) is 0 Å². The third-order valence-corrected chi connectivity index (χ3v) is 7.12. The lowest BCUT2D eigenvalue weighted by Crippen LogP contribution is -2.22. The van der Waals surface area contributed by atoms with Crippen LogP contribution in [-0.4, -0.2) is 31.7 Å². The molecule has 2 heterocycles. The molecule has 0 atom stereocenters. The van der Waals surface area contributed by atoms with E-state index >= 15 is 0 Å². The van der Waals surface area contributed by atoms with Crippen LogP contribution in [0.3, 0.4) is 0 Å². The van der Waals surface area contributed by atoms with Crippen molar-refractivity contribution < 1.29 is 13.2 Å². The topological polar surface area (TPSA) is 101 Å². The van der Waals surface area contributed by atoms with Crippen molar-refractivity contribution in [3.05, 3.63) is 45.9 Å². The monoisotopic (exact) mass is 434 g/mol. The lowest BCUT2D eigenvalue weighted by atomic mass is 10.2. The third-order valence-electron chi connectivity index (χ3n) is 4.52. The van der Waals surface area contributed by atoms with Crippen LogP contribution in [-0.2, 0) is 21.4 Å². The van der Waals surface area contributed by atoms with E-state index in [-0.39, 0.29) is 10.8 Å². The van der Waals surface area contributed by atoms with Gasteiger partial charge in [-0.25, -0.2) is 13.4 Å². The fourth-order valence-electron chi connectivity index (χ4n) is 2.96. The Balaban J connectivity index is 1.35. The molecule has 0 aliphatic carbocycles. The summed E-state index contributed by atoms with van der Waals surface area (Å²) in [7, 11) is -3.48. The summed E-state index contributed by atoms with van der Waals surface area (Å²) in [5.74, 6) is 0.830. The Kier molecular flexibility index (Phi) is 7.02. The first-order valence-corrected chi connectivity index (χ1v) is 12.1. The van der Waals surface area contributed by atoms with Crippen LogP contribution >= 0.6 is 11.3 Å². The number of aromatic nitrogens is 1. The summed E-state index contributed by atoms with van der Waals surface area (Å²) in [5, 5.41) is 5.98. The first-order valence-electron chi connectivity index (χ1n) is 9.74. The van der Waals surface area contributed by atoms with Gasteiger partial charge >= 0.3 is 0 Å². The van der Waals surface area contributed by atoms with E-state index < -0.39 is 10.0 Å². The van der Waals surface area contributed by atoms with Crippen LogP contribution in [0.4, 0.5) is 0 Å². The quantitative estimate of drug-likeness (QED) is 0.592. The van der Waals surface area contributed by atoms with E-state index in [1.54, 1.807) is 35.6 Å². The molecule has 9 heteroatoms. The maximum atomic E-state index is 12.0. The summed E-state index contributed by atoms with van der Waals surface area (Å²) >= 11 is 1.62. The van der Waals surface area contributed by atoms with E-state index in [0.717, 1.165) is 30.0 Å². The standard InChI is InChI=1S/C20H26N4O3S2/c1-14(2)20-23-15(13-28-20)12-22-18(25)10-4-3-7-11-21-19-16-8-5-6-9-17(16)29(26,27)24-19/h5-6,8-9,13-14H,3-4,7,10-12H2,1-2H3,(H,21,24)(H,22,25). The number of carbonyl (C=O) groups is 1. The molecular weight excluding hydrogens is 408 g/mol. The predicted octanol–water partition coefficient (Wildman–Crippen LogP) is 3.18. The Morgan fingerprint density at radius 3 is 2.79 bits per heavy atom. The number of sulfonamides is 1. The number of fused-ring (bicyclic) bond motifs is 1. The molecule has 1 aliphatic rings. The highest BCUT2D eigenvalue weighted by Gasteiger charge is 2.29. The van der Waals surface area contributed by atoms with Gasteiger partial charge in [0.1, 0.15) is 5.84 Å². The van der Waals surface area contributed by atoms with Gasteiger partial charge in [0.15, 0.2) is 0 Å². The smallest absolute Gasteiger partial charge is 0.263 e. The average Bonchev–Trinajstić information content (AvgIpc) is 3.26. The largest absolute Gasteiger partial charge is 0.350 e. The van der Waals surface area contributed by atoms with Gasteiger partial charge in [-0.15, -0.1) is 11.3 Å². The Hall–Kier alpha value is -2.26. The second-order valence-electron chi connectivity index (χ2n) is 7.25. The van der Waals surface area contributed by atoms with Gasteiger partial charge in [0.25, 0.3) is 10.0 Å². The summed E-state index contributed by atoms with van der Waals surface area (Å²) in [6.45, 7) is 5.19. The van der Waals surface area contributed by atoms with E-state index in [1.807, 2.05) is 5.38 Å². The molecule has 0 unspecified atom stereocenters. The Morgan fingerprint density at radius 1 is 1.24 bits per heavy atom. The zero-order valence-electron chi connectivity index (χ0n) is 16.6. The van der Waals surface area contributed by atoms with E-state index in [4.69, 9.17) is 0 Å². The highest BCUT2D eigenvalue weighted by molar-refractivity contribution is 7.90. The lowest BCUT2D eigenvalue weighted by Gasteiger charge is -2.04. The van der Waals surface area contributed by atoms with Crippen LogP contribution < -0.4 is 10.0 Å². The predicted molar refractivity (Wildman–Crippen MR) is 115 cm³/mol. The van der Waals surface area contributed by atoms with Crippen LogP contribution in [0.5, 0.6) is 0 Å². The fraction of sp³-hybridized carbons (Fsp3) is 0.450. The number of nitrogens with one attached hydrogen (secondary N) is 2. The number of nitrogens with zero attached hydrogens (tertiary/aromatic N) is 2. The molecule has 0 bridgehead atoms. The van der Waals surface area contributed by atoms with Crippen LogP contribution in [0.1, 0.15) is 61.7 Å². The zero-order chi connectivity index (χ0) is 20.9. The number of hydrogen-bond donors (Lipinski definition) is 2. The summed E-state index contributed by atoms with van der Waals surface area (Å²) < 4.78 is 26.6. The van der Waals surface area contributed by atoms with Gasteiger partial charge in [0.05, 0.1) is 22.1 Å². The molecule has 1 aromatic heterocycles. The van der Waals surface area contributed by atoms with Gasteiger partial charge in [-0.2, -0.15) is 0 Å². The molecule has 0 saturated carbocycles. The summed E-state index contributed by atoms with van der Waals surface area (Å²) in [6, 6.07) is 6.82. The van der Waals surface area contributed by atoms with Gasteiger partial charge in [0, 0.05) is 29.8 Å². The second kappa shape index (κ2) is 9.49. The fourth-order valence-corrected chi connectivity index (χ4v) is 5.05. The molecule has 3 rings (SSSR count). The first kappa shape index (κ1) is 21.4. The van der Waals surface area contributed by atoms with Crippen LogP contribution in [0, 0.1) is 0 Å². The maximum Gasteiger partial charge on any atom is 0.263 e. The molecule has 1 aromatic carbocycles. The van der Waals surface area contributed by atoms with Gasteiger partial charge in [0.2, 0.25) is 5.91 Å². The summed E-state index contributed by atoms with van der Waals surface area (Å²) in [5.41, 5.74) is 1.52. The van der Waals surface area contributed by atoms with E-state index in [9.17, 15) is 13.2 Å². The van der Waals surface area contributed by atoms with Crippen molar-refractivity contribution in [2.24, 2.45) is 4.99 Å². The highest BCUT2D eigenvalue weighted by Crippen LogP contribution is 2.22. The summed E-state index contributed by atoms with van der Waals surface area (Å²) in [4.78, 5) is 21.1. The van der Waals surface area contributed by atoms with Crippen molar-refractivity contribution in [1.29, 1.82) is 0 Å². The van der Waals surface area contributed by atoms with Crippen molar-refractivity contribution in [2.45, 2.75) is 56.9 Å². The van der Waals surface area contributed by atoms with Crippen molar-refractivity contribution in [1.82, 2.24) is 15.0 Å². The molecule has 0 fully saturated rings. The molecule has 1 aliphatic heterocycles. The normalized spacial score (nSPS) is 16.0. The Bertz CT molecular complexity index is 997. The molecule has 29 heavy (non-hydrogen) atoms. The average molecular weight is 435 g/mol. The minimum Gasteiger partial charge on any atom is -0.350 e. The number of rotatable bonds is 9. The molecule has 1 amide bonds. The van der Waals surface area contributed by atoms with Crippen molar-refractivity contribution in [3.8, 4) is 0 Å². The van der Waals surface area contributed by atoms with Gasteiger partial charge in [-0.3, -0.25) is 14.5 Å². The third kappa shape index (κ3) is 5.63. The van der Waals surface area contributed by atoms with Crippen molar-refractivity contribution in [2.75, 3.05) is 6.54 Å². The Labute approximate surface area is 175 Å². The molecule has 0 spiro atoms. The SMILES string of the molecule is CC(C)c1nc(CNC(=O)CCCCCN=C2NS(=O)(=O)c3ccccc32)cs1. The minimum atomic E-state index is -3.48. The molecule has 0 saturated heterocycles. The van der Waals surface area contributed by atoms with Gasteiger partial charge < -0.3 is 5.32 Å². The lowest BCUT2D eigenvalue weighted by molar-refractivity contribution is -0.121.